The minimum absolute atomic E-state index is 0.195. The lowest BCUT2D eigenvalue weighted by Crippen LogP contribution is -2.01. The molecular weight excluding hydrogens is 130 g/mol. The van der Waals surface area contributed by atoms with Crippen LogP contribution < -0.4 is 0 Å². The Bertz CT molecular complexity index is 86.1. The molecular formula is C4H9FO2P+. The van der Waals surface area contributed by atoms with E-state index >= 15 is 0 Å². The molecule has 0 saturated carbocycles. The number of alkyl halides is 1. The fraction of sp³-hybridized carbons (Fsp3) is 1.00. The predicted octanol–water partition coefficient (Wildman–Crippen LogP) is 1.12. The van der Waals surface area contributed by atoms with Gasteiger partial charge in [-0.1, -0.05) is 4.57 Å². The standard InChI is InChI=1S/C4H9FO2P/c1-4(2-6)8(7)3-5/h4,6H,2-3H2,1H3/q+1. The number of halogens is 1. The number of rotatable bonds is 3. The van der Waals surface area contributed by atoms with Crippen molar-refractivity contribution in [1.82, 2.24) is 0 Å². The first-order chi connectivity index (χ1) is 3.72. The molecule has 0 saturated heterocycles. The molecule has 0 aliphatic heterocycles. The highest BCUT2D eigenvalue weighted by atomic mass is 31.1. The number of hydrogen-bond acceptors (Lipinski definition) is 2. The molecule has 48 valence electrons. The lowest BCUT2D eigenvalue weighted by atomic mass is 10.5. The number of hydrogen-bond donors (Lipinski definition) is 1. The predicted molar refractivity (Wildman–Crippen MR) is 30.1 cm³/mol. The second-order valence-electron chi connectivity index (χ2n) is 1.57. The van der Waals surface area contributed by atoms with Gasteiger partial charge in [0.05, 0.1) is 6.61 Å². The third-order valence-electron chi connectivity index (χ3n) is 0.874. The largest absolute Gasteiger partial charge is 0.392 e. The summed E-state index contributed by atoms with van der Waals surface area (Å²) in [7, 11) is -1.81. The smallest absolute Gasteiger partial charge is 0.377 e. The Morgan fingerprint density at radius 2 is 2.38 bits per heavy atom. The molecule has 4 heteroatoms. The first-order valence-corrected chi connectivity index (χ1v) is 3.84. The first kappa shape index (κ1) is 7.99. The van der Waals surface area contributed by atoms with Crippen LogP contribution in [0.3, 0.4) is 0 Å². The van der Waals surface area contributed by atoms with Gasteiger partial charge >= 0.3 is 7.80 Å². The van der Waals surface area contributed by atoms with E-state index in [4.69, 9.17) is 5.11 Å². The van der Waals surface area contributed by atoms with Crippen molar-refractivity contribution in [2.45, 2.75) is 12.6 Å². The van der Waals surface area contributed by atoms with Gasteiger partial charge < -0.3 is 5.11 Å². The van der Waals surface area contributed by atoms with Crippen LogP contribution in [0.2, 0.25) is 0 Å². The molecule has 2 unspecified atom stereocenters. The first-order valence-electron chi connectivity index (χ1n) is 2.33. The molecule has 0 heterocycles. The van der Waals surface area contributed by atoms with Gasteiger partial charge in [-0.15, -0.1) is 0 Å². The SMILES string of the molecule is CC(CO)[P+](=O)CF. The van der Waals surface area contributed by atoms with E-state index < -0.39 is 19.9 Å². The van der Waals surface area contributed by atoms with E-state index in [-0.39, 0.29) is 6.61 Å². The van der Waals surface area contributed by atoms with Crippen molar-refractivity contribution in [2.75, 3.05) is 13.0 Å². The summed E-state index contributed by atoms with van der Waals surface area (Å²) in [6.45, 7) is 1.36. The maximum atomic E-state index is 11.4. The molecule has 0 aliphatic carbocycles. The lowest BCUT2D eigenvalue weighted by molar-refractivity contribution is 0.295. The minimum atomic E-state index is -1.81. The van der Waals surface area contributed by atoms with E-state index in [1.807, 2.05) is 0 Å². The summed E-state index contributed by atoms with van der Waals surface area (Å²) >= 11 is 0. The molecule has 0 aromatic heterocycles. The highest BCUT2D eigenvalue weighted by molar-refractivity contribution is 7.45. The average molecular weight is 139 g/mol. The Kier molecular flexibility index (Phi) is 3.92. The zero-order chi connectivity index (χ0) is 6.57. The van der Waals surface area contributed by atoms with Gasteiger partial charge in [0, 0.05) is 0 Å². The Labute approximate surface area is 48.5 Å². The summed E-state index contributed by atoms with van der Waals surface area (Å²) in [5.74, 6) is 0. The molecule has 0 aromatic carbocycles. The molecule has 0 aliphatic rings. The van der Waals surface area contributed by atoms with Gasteiger partial charge in [0.1, 0.15) is 0 Å². The molecule has 0 radical (unpaired) electrons. The summed E-state index contributed by atoms with van der Waals surface area (Å²) in [5, 5.41) is 8.29. The van der Waals surface area contributed by atoms with E-state index in [2.05, 4.69) is 0 Å². The molecule has 0 fully saturated rings. The normalized spacial score (nSPS) is 15.6. The molecule has 0 aromatic rings. The molecule has 0 spiro atoms. The van der Waals surface area contributed by atoms with Gasteiger partial charge in [0.15, 0.2) is 5.66 Å². The van der Waals surface area contributed by atoms with Gasteiger partial charge in [0.25, 0.3) is 6.42 Å². The summed E-state index contributed by atoms with van der Waals surface area (Å²) < 4.78 is 21.8. The Balaban J connectivity index is 3.46. The quantitative estimate of drug-likeness (QED) is 0.595. The third-order valence-corrected chi connectivity index (χ3v) is 2.26. The van der Waals surface area contributed by atoms with Crippen molar-refractivity contribution in [3.8, 4) is 0 Å². The zero-order valence-corrected chi connectivity index (χ0v) is 5.57. The monoisotopic (exact) mass is 139 g/mol. The van der Waals surface area contributed by atoms with E-state index in [1.165, 1.54) is 0 Å². The van der Waals surface area contributed by atoms with Gasteiger partial charge in [-0.25, -0.2) is 0 Å². The summed E-state index contributed by atoms with van der Waals surface area (Å²) in [6, 6.07) is 0. The van der Waals surface area contributed by atoms with Crippen molar-refractivity contribution in [3.05, 3.63) is 0 Å². The summed E-state index contributed by atoms with van der Waals surface area (Å²) in [5.41, 5.74) is -0.394. The van der Waals surface area contributed by atoms with Crippen LogP contribution in [-0.4, -0.2) is 23.8 Å². The fourth-order valence-corrected chi connectivity index (χ4v) is 0.627. The Morgan fingerprint density at radius 1 is 1.88 bits per heavy atom. The topological polar surface area (TPSA) is 37.3 Å². The van der Waals surface area contributed by atoms with Crippen LogP contribution in [0.1, 0.15) is 6.92 Å². The maximum Gasteiger partial charge on any atom is 0.377 e. The van der Waals surface area contributed by atoms with Crippen molar-refractivity contribution < 1.29 is 14.1 Å². The molecule has 0 bridgehead atoms. The Hall–Kier alpha value is -0.0100. The second kappa shape index (κ2) is 3.93. The average Bonchev–Trinajstić information content (AvgIpc) is 1.84. The van der Waals surface area contributed by atoms with Crippen LogP contribution in [0, 0.1) is 0 Å². The van der Waals surface area contributed by atoms with Crippen LogP contribution in [0.5, 0.6) is 0 Å². The van der Waals surface area contributed by atoms with Crippen molar-refractivity contribution in [3.63, 3.8) is 0 Å². The summed E-state index contributed by atoms with van der Waals surface area (Å²) in [6.07, 6.45) is -0.822. The van der Waals surface area contributed by atoms with Crippen LogP contribution in [0.15, 0.2) is 0 Å². The minimum Gasteiger partial charge on any atom is -0.392 e. The van der Waals surface area contributed by atoms with Gasteiger partial charge in [-0.3, -0.25) is 0 Å². The van der Waals surface area contributed by atoms with Crippen LogP contribution in [-0.2, 0) is 4.57 Å². The summed E-state index contributed by atoms with van der Waals surface area (Å²) in [4.78, 5) is 0. The van der Waals surface area contributed by atoms with Crippen LogP contribution in [0.4, 0.5) is 4.39 Å². The van der Waals surface area contributed by atoms with Crippen molar-refractivity contribution in [1.29, 1.82) is 0 Å². The number of aliphatic hydroxyl groups is 1. The van der Waals surface area contributed by atoms with E-state index in [0.717, 1.165) is 0 Å². The van der Waals surface area contributed by atoms with Crippen molar-refractivity contribution in [2.24, 2.45) is 0 Å². The molecule has 0 amide bonds. The van der Waals surface area contributed by atoms with Gasteiger partial charge in [-0.05, 0) is 6.92 Å². The van der Waals surface area contributed by atoms with Gasteiger partial charge in [0.2, 0.25) is 0 Å². The van der Waals surface area contributed by atoms with E-state index in [1.54, 1.807) is 6.92 Å². The fourth-order valence-electron chi connectivity index (χ4n) is 0.209. The molecule has 2 atom stereocenters. The maximum absolute atomic E-state index is 11.4. The molecule has 0 rings (SSSR count). The van der Waals surface area contributed by atoms with E-state index in [0.29, 0.717) is 0 Å². The zero-order valence-electron chi connectivity index (χ0n) is 4.67. The van der Waals surface area contributed by atoms with Crippen LogP contribution >= 0.6 is 7.80 Å². The van der Waals surface area contributed by atoms with Crippen LogP contribution in [0.25, 0.3) is 0 Å². The molecule has 8 heavy (non-hydrogen) atoms. The highest BCUT2D eigenvalue weighted by Crippen LogP contribution is 2.26. The van der Waals surface area contributed by atoms with Crippen molar-refractivity contribution >= 4 is 7.80 Å². The number of aliphatic hydroxyl groups excluding tert-OH is 1. The van der Waals surface area contributed by atoms with Gasteiger partial charge in [-0.2, -0.15) is 4.39 Å². The second-order valence-corrected chi connectivity index (χ2v) is 3.52. The third kappa shape index (κ3) is 2.34. The Morgan fingerprint density at radius 3 is 2.50 bits per heavy atom. The lowest BCUT2D eigenvalue weighted by Gasteiger charge is -1.88. The highest BCUT2D eigenvalue weighted by Gasteiger charge is 2.23. The molecule has 2 nitrogen and oxygen atoms in total. The van der Waals surface area contributed by atoms with E-state index in [9.17, 15) is 8.96 Å². The molecule has 1 N–H and O–H groups in total.